The number of halogens is 1. The third-order valence-electron chi connectivity index (χ3n) is 4.58. The fourth-order valence-corrected chi connectivity index (χ4v) is 3.20. The van der Waals surface area contributed by atoms with Crippen LogP contribution < -0.4 is 0 Å². The molecule has 0 N–H and O–H groups in total. The molecule has 0 radical (unpaired) electrons. The third kappa shape index (κ3) is 5.40. The number of rotatable bonds is 6. The zero-order chi connectivity index (χ0) is 17.5. The summed E-state index contributed by atoms with van der Waals surface area (Å²) in [6.45, 7) is 1.81. The number of piperidine rings is 1. The first-order chi connectivity index (χ1) is 12.2. The minimum Gasteiger partial charge on any atom is -0.372 e. The van der Waals surface area contributed by atoms with Crippen LogP contribution in [-0.4, -0.2) is 30.0 Å². The second-order valence-electron chi connectivity index (χ2n) is 6.53. The highest BCUT2D eigenvalue weighted by Gasteiger charge is 2.23. The van der Waals surface area contributed by atoms with Crippen molar-refractivity contribution >= 4 is 5.91 Å². The molecule has 1 saturated heterocycles. The van der Waals surface area contributed by atoms with Crippen LogP contribution in [0, 0.1) is 5.82 Å². The zero-order valence-corrected chi connectivity index (χ0v) is 14.4. The van der Waals surface area contributed by atoms with E-state index >= 15 is 0 Å². The van der Waals surface area contributed by atoms with Gasteiger partial charge in [-0.25, -0.2) is 4.39 Å². The number of likely N-dealkylation sites (tertiary alicyclic amines) is 1. The molecule has 0 saturated carbocycles. The van der Waals surface area contributed by atoms with Crippen LogP contribution in [0.25, 0.3) is 0 Å². The highest BCUT2D eigenvalue weighted by Crippen LogP contribution is 2.17. The molecular formula is C21H24FNO2. The number of carbonyl (C=O) groups is 1. The molecule has 1 heterocycles. The quantitative estimate of drug-likeness (QED) is 0.796. The van der Waals surface area contributed by atoms with E-state index in [1.165, 1.54) is 17.7 Å². The van der Waals surface area contributed by atoms with Crippen molar-refractivity contribution in [2.45, 2.75) is 38.4 Å². The Kier molecular flexibility index (Phi) is 6.18. The summed E-state index contributed by atoms with van der Waals surface area (Å²) in [5.41, 5.74) is 2.01. The number of nitrogens with zero attached hydrogens (tertiary/aromatic N) is 1. The molecule has 1 amide bonds. The van der Waals surface area contributed by atoms with E-state index in [2.05, 4.69) is 0 Å². The molecule has 25 heavy (non-hydrogen) atoms. The van der Waals surface area contributed by atoms with Gasteiger partial charge in [0, 0.05) is 19.5 Å². The van der Waals surface area contributed by atoms with Crippen molar-refractivity contribution in [2.24, 2.45) is 0 Å². The maximum absolute atomic E-state index is 13.2. The molecule has 0 aromatic heterocycles. The average molecular weight is 341 g/mol. The Balaban J connectivity index is 1.46. The summed E-state index contributed by atoms with van der Waals surface area (Å²) in [6, 6.07) is 16.5. The predicted octanol–water partition coefficient (Wildman–Crippen LogP) is 3.97. The lowest BCUT2D eigenvalue weighted by Crippen LogP contribution is -2.43. The fourth-order valence-electron chi connectivity index (χ4n) is 3.20. The molecule has 4 heteroatoms. The van der Waals surface area contributed by atoms with Crippen LogP contribution in [0.4, 0.5) is 4.39 Å². The van der Waals surface area contributed by atoms with E-state index in [0.29, 0.717) is 19.6 Å². The lowest BCUT2D eigenvalue weighted by molar-refractivity contribution is -0.135. The molecule has 132 valence electrons. The summed E-state index contributed by atoms with van der Waals surface area (Å²) in [6.07, 6.45) is 3.21. The molecule has 0 bridgehead atoms. The van der Waals surface area contributed by atoms with E-state index in [9.17, 15) is 9.18 Å². The molecule has 1 fully saturated rings. The first-order valence-electron chi connectivity index (χ1n) is 8.88. The lowest BCUT2D eigenvalue weighted by Gasteiger charge is -2.33. The van der Waals surface area contributed by atoms with Crippen molar-refractivity contribution in [1.82, 2.24) is 4.90 Å². The maximum Gasteiger partial charge on any atom is 0.222 e. The number of carbonyl (C=O) groups excluding carboxylic acids is 1. The summed E-state index contributed by atoms with van der Waals surface area (Å²) in [7, 11) is 0. The van der Waals surface area contributed by atoms with E-state index in [1.54, 1.807) is 6.07 Å². The van der Waals surface area contributed by atoms with Gasteiger partial charge < -0.3 is 9.64 Å². The van der Waals surface area contributed by atoms with Gasteiger partial charge in [-0.1, -0.05) is 42.5 Å². The molecule has 3 rings (SSSR count). The molecular weight excluding hydrogens is 317 g/mol. The Bertz CT molecular complexity index is 689. The number of aryl methyl sites for hydroxylation is 1. The van der Waals surface area contributed by atoms with Crippen LogP contribution in [0.2, 0.25) is 0 Å². The molecule has 0 aliphatic carbocycles. The molecule has 2 aromatic carbocycles. The van der Waals surface area contributed by atoms with Crippen LogP contribution >= 0.6 is 0 Å². The molecule has 2 aromatic rings. The standard InChI is InChI=1S/C21H24FNO2/c22-19-9-4-8-18(14-19)16-25-20-10-5-13-23(15-20)21(24)12-11-17-6-2-1-3-7-17/h1-4,6-9,14,20H,5,10-13,15-16H2. The Morgan fingerprint density at radius 3 is 2.72 bits per heavy atom. The second kappa shape index (κ2) is 8.77. The predicted molar refractivity (Wildman–Crippen MR) is 95.6 cm³/mol. The smallest absolute Gasteiger partial charge is 0.222 e. The Morgan fingerprint density at radius 2 is 1.92 bits per heavy atom. The fraction of sp³-hybridized carbons (Fsp3) is 0.381. The SMILES string of the molecule is O=C(CCc1ccccc1)N1CCCC(OCc2cccc(F)c2)C1. The molecule has 1 atom stereocenters. The molecule has 0 spiro atoms. The molecule has 1 aliphatic rings. The van der Waals surface area contributed by atoms with Crippen LogP contribution in [0.3, 0.4) is 0 Å². The van der Waals surface area contributed by atoms with E-state index in [0.717, 1.165) is 31.4 Å². The Labute approximate surface area is 148 Å². The minimum atomic E-state index is -0.248. The van der Waals surface area contributed by atoms with Gasteiger partial charge in [0.05, 0.1) is 12.7 Å². The first kappa shape index (κ1) is 17.6. The van der Waals surface area contributed by atoms with Crippen molar-refractivity contribution in [2.75, 3.05) is 13.1 Å². The lowest BCUT2D eigenvalue weighted by atomic mass is 10.1. The normalized spacial score (nSPS) is 17.5. The summed E-state index contributed by atoms with van der Waals surface area (Å²) in [5, 5.41) is 0. The summed E-state index contributed by atoms with van der Waals surface area (Å²) in [4.78, 5) is 14.4. The van der Waals surface area contributed by atoms with Gasteiger partial charge in [0.25, 0.3) is 0 Å². The molecule has 1 aliphatic heterocycles. The van der Waals surface area contributed by atoms with E-state index < -0.39 is 0 Å². The number of amides is 1. The van der Waals surface area contributed by atoms with Gasteiger partial charge >= 0.3 is 0 Å². The van der Waals surface area contributed by atoms with Gasteiger partial charge in [0.15, 0.2) is 0 Å². The van der Waals surface area contributed by atoms with E-state index in [4.69, 9.17) is 4.74 Å². The van der Waals surface area contributed by atoms with E-state index in [-0.39, 0.29) is 17.8 Å². The van der Waals surface area contributed by atoms with Crippen molar-refractivity contribution in [3.63, 3.8) is 0 Å². The van der Waals surface area contributed by atoms with Crippen molar-refractivity contribution in [3.8, 4) is 0 Å². The summed E-state index contributed by atoms with van der Waals surface area (Å²) >= 11 is 0. The highest BCUT2D eigenvalue weighted by molar-refractivity contribution is 5.76. The zero-order valence-electron chi connectivity index (χ0n) is 14.4. The van der Waals surface area contributed by atoms with Gasteiger partial charge in [-0.15, -0.1) is 0 Å². The van der Waals surface area contributed by atoms with Gasteiger partial charge in [-0.3, -0.25) is 4.79 Å². The van der Waals surface area contributed by atoms with Crippen molar-refractivity contribution in [1.29, 1.82) is 0 Å². The van der Waals surface area contributed by atoms with Gasteiger partial charge in [-0.2, -0.15) is 0 Å². The Hall–Kier alpha value is -2.20. The second-order valence-corrected chi connectivity index (χ2v) is 6.53. The highest BCUT2D eigenvalue weighted by atomic mass is 19.1. The van der Waals surface area contributed by atoms with Crippen LogP contribution in [-0.2, 0) is 22.6 Å². The van der Waals surface area contributed by atoms with E-state index in [1.807, 2.05) is 41.3 Å². The van der Waals surface area contributed by atoms with Crippen molar-refractivity contribution < 1.29 is 13.9 Å². The summed E-state index contributed by atoms with van der Waals surface area (Å²) in [5.74, 6) is -0.0645. The van der Waals surface area contributed by atoms with Gasteiger partial charge in [0.2, 0.25) is 5.91 Å². The van der Waals surface area contributed by atoms with Gasteiger partial charge in [-0.05, 0) is 42.5 Å². The van der Waals surface area contributed by atoms with Crippen molar-refractivity contribution in [3.05, 3.63) is 71.5 Å². The first-order valence-corrected chi connectivity index (χ1v) is 8.88. The van der Waals surface area contributed by atoms with Gasteiger partial charge in [0.1, 0.15) is 5.82 Å². The monoisotopic (exact) mass is 341 g/mol. The molecule has 3 nitrogen and oxygen atoms in total. The largest absolute Gasteiger partial charge is 0.372 e. The van der Waals surface area contributed by atoms with Crippen LogP contribution in [0.15, 0.2) is 54.6 Å². The molecule has 1 unspecified atom stereocenters. The van der Waals surface area contributed by atoms with Crippen LogP contribution in [0.5, 0.6) is 0 Å². The van der Waals surface area contributed by atoms with Crippen LogP contribution in [0.1, 0.15) is 30.4 Å². The maximum atomic E-state index is 13.2. The number of benzene rings is 2. The minimum absolute atomic E-state index is 0.0256. The Morgan fingerprint density at radius 1 is 1.12 bits per heavy atom. The number of ether oxygens (including phenoxy) is 1. The third-order valence-corrected chi connectivity index (χ3v) is 4.58. The average Bonchev–Trinajstić information content (AvgIpc) is 2.65. The number of hydrogen-bond donors (Lipinski definition) is 0. The number of hydrogen-bond acceptors (Lipinski definition) is 2. The topological polar surface area (TPSA) is 29.5 Å². The summed E-state index contributed by atoms with van der Waals surface area (Å²) < 4.78 is 19.1.